The molecule has 0 spiro atoms. The van der Waals surface area contributed by atoms with E-state index >= 15 is 0 Å². The lowest BCUT2D eigenvalue weighted by Crippen LogP contribution is -2.22. The van der Waals surface area contributed by atoms with E-state index in [0.29, 0.717) is 24.0 Å². The van der Waals surface area contributed by atoms with Crippen molar-refractivity contribution in [3.05, 3.63) is 47.0 Å². The fourth-order valence-corrected chi connectivity index (χ4v) is 1.76. The summed E-state index contributed by atoms with van der Waals surface area (Å²) in [7, 11) is 0. The van der Waals surface area contributed by atoms with E-state index in [9.17, 15) is 4.39 Å². The highest BCUT2D eigenvalue weighted by Crippen LogP contribution is 2.22. The fraction of sp³-hybridized carbons (Fsp3) is 0.286. The van der Waals surface area contributed by atoms with Crippen molar-refractivity contribution in [3.63, 3.8) is 0 Å². The SMILES string of the molecule is CC(C)NCc1ccnc(-c2ccc(F)c(Cl)c2)n1. The second kappa shape index (κ2) is 6.08. The molecule has 2 aromatic rings. The first kappa shape index (κ1) is 13.9. The van der Waals surface area contributed by atoms with Gasteiger partial charge >= 0.3 is 0 Å². The van der Waals surface area contributed by atoms with E-state index in [1.165, 1.54) is 12.1 Å². The Morgan fingerprint density at radius 1 is 1.32 bits per heavy atom. The van der Waals surface area contributed by atoms with Crippen molar-refractivity contribution >= 4 is 11.6 Å². The van der Waals surface area contributed by atoms with Gasteiger partial charge in [-0.25, -0.2) is 14.4 Å². The predicted molar refractivity (Wildman–Crippen MR) is 74.4 cm³/mol. The van der Waals surface area contributed by atoms with Crippen molar-refractivity contribution < 1.29 is 4.39 Å². The fourth-order valence-electron chi connectivity index (χ4n) is 1.58. The number of hydrogen-bond acceptors (Lipinski definition) is 3. The van der Waals surface area contributed by atoms with Crippen LogP contribution in [0.15, 0.2) is 30.5 Å². The maximum Gasteiger partial charge on any atom is 0.159 e. The smallest absolute Gasteiger partial charge is 0.159 e. The molecule has 5 heteroatoms. The van der Waals surface area contributed by atoms with E-state index in [4.69, 9.17) is 11.6 Å². The lowest BCUT2D eigenvalue weighted by Gasteiger charge is -2.08. The van der Waals surface area contributed by atoms with Crippen LogP contribution in [0.2, 0.25) is 5.02 Å². The zero-order chi connectivity index (χ0) is 13.8. The summed E-state index contributed by atoms with van der Waals surface area (Å²) in [4.78, 5) is 8.62. The third kappa shape index (κ3) is 3.72. The summed E-state index contributed by atoms with van der Waals surface area (Å²) in [5, 5.41) is 3.36. The Bertz CT molecular complexity index is 572. The van der Waals surface area contributed by atoms with Crippen molar-refractivity contribution in [2.24, 2.45) is 0 Å². The first-order valence-electron chi connectivity index (χ1n) is 6.07. The van der Waals surface area contributed by atoms with Gasteiger partial charge in [-0.2, -0.15) is 0 Å². The van der Waals surface area contributed by atoms with Crippen molar-refractivity contribution in [1.82, 2.24) is 15.3 Å². The minimum atomic E-state index is -0.442. The third-order valence-electron chi connectivity index (χ3n) is 2.58. The van der Waals surface area contributed by atoms with Crippen LogP contribution >= 0.6 is 11.6 Å². The Hall–Kier alpha value is -1.52. The predicted octanol–water partition coefficient (Wildman–Crippen LogP) is 3.43. The summed E-state index contributed by atoms with van der Waals surface area (Å²) in [5.74, 6) is 0.105. The van der Waals surface area contributed by atoms with E-state index in [0.717, 1.165) is 5.69 Å². The van der Waals surface area contributed by atoms with Gasteiger partial charge in [0.05, 0.1) is 10.7 Å². The first-order chi connectivity index (χ1) is 9.06. The molecule has 0 aliphatic rings. The highest BCUT2D eigenvalue weighted by Gasteiger charge is 2.06. The number of nitrogens with zero attached hydrogens (tertiary/aromatic N) is 2. The monoisotopic (exact) mass is 279 g/mol. The van der Waals surface area contributed by atoms with Crippen molar-refractivity contribution in [2.75, 3.05) is 0 Å². The van der Waals surface area contributed by atoms with Crippen LogP contribution in [0.5, 0.6) is 0 Å². The van der Waals surface area contributed by atoms with Crippen molar-refractivity contribution in [2.45, 2.75) is 26.4 Å². The zero-order valence-corrected chi connectivity index (χ0v) is 11.6. The molecule has 0 saturated carbocycles. The molecule has 1 heterocycles. The van der Waals surface area contributed by atoms with Gasteiger partial charge < -0.3 is 5.32 Å². The number of halogens is 2. The molecule has 0 radical (unpaired) electrons. The molecule has 0 atom stereocenters. The average Bonchev–Trinajstić information content (AvgIpc) is 2.40. The van der Waals surface area contributed by atoms with E-state index in [1.807, 2.05) is 6.07 Å². The number of hydrogen-bond donors (Lipinski definition) is 1. The van der Waals surface area contributed by atoms with Crippen LogP contribution in [0.1, 0.15) is 19.5 Å². The standard InChI is InChI=1S/C14H15ClFN3/c1-9(2)18-8-11-5-6-17-14(19-11)10-3-4-13(16)12(15)7-10/h3-7,9,18H,8H2,1-2H3. The quantitative estimate of drug-likeness (QED) is 0.932. The molecule has 19 heavy (non-hydrogen) atoms. The molecule has 100 valence electrons. The number of aromatic nitrogens is 2. The molecule has 1 N–H and O–H groups in total. The van der Waals surface area contributed by atoms with Gasteiger partial charge in [0.1, 0.15) is 5.82 Å². The van der Waals surface area contributed by atoms with Crippen molar-refractivity contribution in [1.29, 1.82) is 0 Å². The van der Waals surface area contributed by atoms with Crippen LogP contribution in [0.3, 0.4) is 0 Å². The molecule has 0 unspecified atom stereocenters. The molecule has 0 fully saturated rings. The Kier molecular flexibility index (Phi) is 4.45. The Morgan fingerprint density at radius 3 is 2.79 bits per heavy atom. The highest BCUT2D eigenvalue weighted by molar-refractivity contribution is 6.31. The number of benzene rings is 1. The molecular weight excluding hydrogens is 265 g/mol. The minimum absolute atomic E-state index is 0.0757. The molecule has 1 aromatic carbocycles. The van der Waals surface area contributed by atoms with Gasteiger partial charge in [0.2, 0.25) is 0 Å². The van der Waals surface area contributed by atoms with Crippen LogP contribution in [-0.2, 0) is 6.54 Å². The topological polar surface area (TPSA) is 37.8 Å². The van der Waals surface area contributed by atoms with Crippen LogP contribution < -0.4 is 5.32 Å². The molecule has 2 rings (SSSR count). The van der Waals surface area contributed by atoms with Crippen molar-refractivity contribution in [3.8, 4) is 11.4 Å². The molecular formula is C14H15ClFN3. The van der Waals surface area contributed by atoms with Crippen LogP contribution in [0.25, 0.3) is 11.4 Å². The van der Waals surface area contributed by atoms with Gasteiger partial charge in [0.25, 0.3) is 0 Å². The summed E-state index contributed by atoms with van der Waals surface area (Å²) < 4.78 is 13.1. The molecule has 0 amide bonds. The maximum atomic E-state index is 13.1. The zero-order valence-electron chi connectivity index (χ0n) is 10.8. The van der Waals surface area contributed by atoms with Gasteiger partial charge in [-0.3, -0.25) is 0 Å². The van der Waals surface area contributed by atoms with E-state index in [2.05, 4.69) is 29.1 Å². The molecule has 0 aliphatic heterocycles. The van der Waals surface area contributed by atoms with E-state index in [-0.39, 0.29) is 5.02 Å². The summed E-state index contributed by atoms with van der Waals surface area (Å²) in [6, 6.07) is 6.71. The first-order valence-corrected chi connectivity index (χ1v) is 6.45. The van der Waals surface area contributed by atoms with E-state index in [1.54, 1.807) is 12.3 Å². The molecule has 1 aromatic heterocycles. The summed E-state index contributed by atoms with van der Waals surface area (Å²) >= 11 is 5.76. The Morgan fingerprint density at radius 2 is 2.11 bits per heavy atom. The average molecular weight is 280 g/mol. The Labute approximate surface area is 116 Å². The molecule has 0 bridgehead atoms. The van der Waals surface area contributed by atoms with Gasteiger partial charge in [0, 0.05) is 24.3 Å². The second-order valence-electron chi connectivity index (χ2n) is 4.54. The summed E-state index contributed by atoms with van der Waals surface area (Å²) in [6.45, 7) is 4.81. The Balaban J connectivity index is 2.24. The molecule has 0 saturated heterocycles. The van der Waals surface area contributed by atoms with Crippen LogP contribution in [0, 0.1) is 5.82 Å². The second-order valence-corrected chi connectivity index (χ2v) is 4.94. The summed E-state index contributed by atoms with van der Waals surface area (Å²) in [5.41, 5.74) is 1.59. The minimum Gasteiger partial charge on any atom is -0.309 e. The highest BCUT2D eigenvalue weighted by atomic mass is 35.5. The molecule has 0 aliphatic carbocycles. The third-order valence-corrected chi connectivity index (χ3v) is 2.87. The number of nitrogens with one attached hydrogen (secondary N) is 1. The van der Waals surface area contributed by atoms with Gasteiger partial charge in [-0.05, 0) is 24.3 Å². The van der Waals surface area contributed by atoms with Crippen LogP contribution in [-0.4, -0.2) is 16.0 Å². The summed E-state index contributed by atoms with van der Waals surface area (Å²) in [6.07, 6.45) is 1.69. The van der Waals surface area contributed by atoms with Gasteiger partial charge in [-0.1, -0.05) is 25.4 Å². The normalized spacial score (nSPS) is 11.0. The number of rotatable bonds is 4. The van der Waals surface area contributed by atoms with E-state index < -0.39 is 5.82 Å². The van der Waals surface area contributed by atoms with Gasteiger partial charge in [0.15, 0.2) is 5.82 Å². The maximum absolute atomic E-state index is 13.1. The largest absolute Gasteiger partial charge is 0.309 e. The van der Waals surface area contributed by atoms with Crippen LogP contribution in [0.4, 0.5) is 4.39 Å². The lowest BCUT2D eigenvalue weighted by atomic mass is 10.2. The molecule has 3 nitrogen and oxygen atoms in total. The van der Waals surface area contributed by atoms with Gasteiger partial charge in [-0.15, -0.1) is 0 Å². The lowest BCUT2D eigenvalue weighted by molar-refractivity contribution is 0.581.